The topological polar surface area (TPSA) is 64.6 Å². The van der Waals surface area contributed by atoms with E-state index in [-0.39, 0.29) is 5.91 Å². The first-order valence-electron chi connectivity index (χ1n) is 12.3. The summed E-state index contributed by atoms with van der Waals surface area (Å²) < 4.78 is 10.9. The lowest BCUT2D eigenvalue weighted by atomic mass is 9.89. The van der Waals surface area contributed by atoms with Crippen LogP contribution in [0, 0.1) is 0 Å². The van der Waals surface area contributed by atoms with E-state index in [1.54, 1.807) is 18.2 Å². The van der Waals surface area contributed by atoms with Crippen molar-refractivity contribution >= 4 is 12.2 Å². The van der Waals surface area contributed by atoms with E-state index >= 15 is 0 Å². The number of hydrogen-bond donors (Lipinski definition) is 1. The summed E-state index contributed by atoms with van der Waals surface area (Å²) in [7, 11) is 1.52. The Balaban J connectivity index is 1.37. The minimum absolute atomic E-state index is 0.0211. The molecule has 1 fully saturated rings. The minimum atomic E-state index is 0.0211. The summed E-state index contributed by atoms with van der Waals surface area (Å²) in [6, 6.07) is 13.9. The molecule has 0 aliphatic heterocycles. The molecule has 1 amide bonds. The number of carbonyl (C=O) groups excluding carboxylic acids is 2. The Morgan fingerprint density at radius 1 is 1.00 bits per heavy atom. The average molecular weight is 452 g/mol. The van der Waals surface area contributed by atoms with Crippen LogP contribution in [0.2, 0.25) is 0 Å². The normalized spacial score (nSPS) is 15.1. The number of ether oxygens (including phenoxy) is 2. The number of aldehydes is 1. The average Bonchev–Trinajstić information content (AvgIpc) is 2.99. The van der Waals surface area contributed by atoms with Gasteiger partial charge < -0.3 is 14.8 Å². The van der Waals surface area contributed by atoms with Gasteiger partial charge in [0.15, 0.2) is 6.29 Å². The number of amides is 1. The van der Waals surface area contributed by atoms with E-state index in [9.17, 15) is 9.59 Å². The summed E-state index contributed by atoms with van der Waals surface area (Å²) in [6.07, 6.45) is 12.6. The van der Waals surface area contributed by atoms with Crippen LogP contribution >= 0.6 is 0 Å². The first-order valence-corrected chi connectivity index (χ1v) is 12.3. The van der Waals surface area contributed by atoms with Crippen LogP contribution in [0.5, 0.6) is 11.5 Å². The zero-order valence-corrected chi connectivity index (χ0v) is 19.8. The van der Waals surface area contributed by atoms with Gasteiger partial charge in [-0.25, -0.2) is 0 Å². The SMILES string of the molecule is COc1cc(OCCCC(=O)NCc2ccc(C3CCCCCCCC3)cc2)ccc1C=O. The van der Waals surface area contributed by atoms with Crippen LogP contribution in [0.15, 0.2) is 42.5 Å². The van der Waals surface area contributed by atoms with Crippen molar-refractivity contribution in [3.8, 4) is 11.5 Å². The molecule has 178 valence electrons. The Labute approximate surface area is 197 Å². The molecule has 0 unspecified atom stereocenters. The highest BCUT2D eigenvalue weighted by molar-refractivity contribution is 5.79. The number of nitrogens with one attached hydrogen (secondary N) is 1. The summed E-state index contributed by atoms with van der Waals surface area (Å²) in [5, 5.41) is 3.00. The number of benzene rings is 2. The van der Waals surface area contributed by atoms with Gasteiger partial charge in [-0.3, -0.25) is 9.59 Å². The third-order valence-corrected chi connectivity index (χ3v) is 6.44. The van der Waals surface area contributed by atoms with E-state index in [2.05, 4.69) is 29.6 Å². The van der Waals surface area contributed by atoms with Crippen LogP contribution in [0.1, 0.15) is 91.6 Å². The molecule has 1 aliphatic rings. The Morgan fingerprint density at radius 3 is 2.36 bits per heavy atom. The van der Waals surface area contributed by atoms with Gasteiger partial charge in [0.1, 0.15) is 11.5 Å². The number of methoxy groups -OCH3 is 1. The second-order valence-corrected chi connectivity index (χ2v) is 8.89. The van der Waals surface area contributed by atoms with Crippen LogP contribution in [0.3, 0.4) is 0 Å². The molecule has 2 aromatic carbocycles. The van der Waals surface area contributed by atoms with Gasteiger partial charge in [0.2, 0.25) is 5.91 Å². The van der Waals surface area contributed by atoms with Crippen molar-refractivity contribution in [2.45, 2.75) is 76.7 Å². The molecule has 0 atom stereocenters. The molecule has 3 rings (SSSR count). The number of rotatable bonds is 10. The molecule has 0 aromatic heterocycles. The van der Waals surface area contributed by atoms with Gasteiger partial charge in [-0.05, 0) is 48.4 Å². The molecule has 1 aliphatic carbocycles. The van der Waals surface area contributed by atoms with Crippen molar-refractivity contribution in [1.29, 1.82) is 0 Å². The molecular weight excluding hydrogens is 414 g/mol. The van der Waals surface area contributed by atoms with Crippen molar-refractivity contribution in [1.82, 2.24) is 5.32 Å². The maximum Gasteiger partial charge on any atom is 0.220 e. The second kappa shape index (κ2) is 13.7. The van der Waals surface area contributed by atoms with Gasteiger partial charge in [-0.1, -0.05) is 62.8 Å². The maximum atomic E-state index is 12.2. The van der Waals surface area contributed by atoms with Crippen LogP contribution in [0.4, 0.5) is 0 Å². The van der Waals surface area contributed by atoms with Crippen molar-refractivity contribution in [3.63, 3.8) is 0 Å². The largest absolute Gasteiger partial charge is 0.496 e. The molecule has 33 heavy (non-hydrogen) atoms. The fourth-order valence-corrected chi connectivity index (χ4v) is 4.46. The van der Waals surface area contributed by atoms with Gasteiger partial charge in [-0.15, -0.1) is 0 Å². The third kappa shape index (κ3) is 8.23. The van der Waals surface area contributed by atoms with Crippen LogP contribution in [0.25, 0.3) is 0 Å². The Bertz CT molecular complexity index is 868. The van der Waals surface area contributed by atoms with E-state index < -0.39 is 0 Å². The smallest absolute Gasteiger partial charge is 0.220 e. The van der Waals surface area contributed by atoms with Crippen molar-refractivity contribution in [2.24, 2.45) is 0 Å². The Morgan fingerprint density at radius 2 is 1.70 bits per heavy atom. The zero-order chi connectivity index (χ0) is 23.3. The van der Waals surface area contributed by atoms with Gasteiger partial charge in [-0.2, -0.15) is 0 Å². The quantitative estimate of drug-likeness (QED) is 0.345. The molecule has 0 radical (unpaired) electrons. The third-order valence-electron chi connectivity index (χ3n) is 6.44. The standard InChI is InChI=1S/C28H37NO4/c1-32-27-19-26(17-16-25(27)21-30)33-18-8-11-28(31)29-20-22-12-14-24(15-13-22)23-9-6-4-2-3-5-7-10-23/h12-17,19,21,23H,2-11,18,20H2,1H3,(H,29,31). The van der Waals surface area contributed by atoms with E-state index in [0.29, 0.717) is 49.0 Å². The van der Waals surface area contributed by atoms with Crippen LogP contribution in [-0.4, -0.2) is 25.9 Å². The summed E-state index contributed by atoms with van der Waals surface area (Å²) in [4.78, 5) is 23.2. The monoisotopic (exact) mass is 451 g/mol. The molecule has 5 heteroatoms. The van der Waals surface area contributed by atoms with E-state index in [1.165, 1.54) is 64.0 Å². The van der Waals surface area contributed by atoms with Gasteiger partial charge >= 0.3 is 0 Å². The Hall–Kier alpha value is -2.82. The molecule has 0 bridgehead atoms. The minimum Gasteiger partial charge on any atom is -0.496 e. The first kappa shape index (κ1) is 24.8. The molecule has 5 nitrogen and oxygen atoms in total. The fourth-order valence-electron chi connectivity index (χ4n) is 4.46. The summed E-state index contributed by atoms with van der Waals surface area (Å²) in [6.45, 7) is 0.974. The van der Waals surface area contributed by atoms with Gasteiger partial charge in [0, 0.05) is 19.0 Å². The van der Waals surface area contributed by atoms with Gasteiger partial charge in [0.25, 0.3) is 0 Å². The second-order valence-electron chi connectivity index (χ2n) is 8.89. The zero-order valence-electron chi connectivity index (χ0n) is 19.8. The van der Waals surface area contributed by atoms with E-state index in [1.807, 2.05) is 0 Å². The lowest BCUT2D eigenvalue weighted by Gasteiger charge is -2.17. The molecule has 0 spiro atoms. The highest BCUT2D eigenvalue weighted by Crippen LogP contribution is 2.30. The van der Waals surface area contributed by atoms with Crippen LogP contribution in [-0.2, 0) is 11.3 Å². The number of hydrogen-bond acceptors (Lipinski definition) is 4. The fraction of sp³-hybridized carbons (Fsp3) is 0.500. The molecular formula is C28H37NO4. The van der Waals surface area contributed by atoms with Crippen molar-refractivity contribution in [2.75, 3.05) is 13.7 Å². The van der Waals surface area contributed by atoms with E-state index in [4.69, 9.17) is 9.47 Å². The summed E-state index contributed by atoms with van der Waals surface area (Å²) in [5.41, 5.74) is 3.06. The van der Waals surface area contributed by atoms with E-state index in [0.717, 1.165) is 11.8 Å². The highest BCUT2D eigenvalue weighted by atomic mass is 16.5. The lowest BCUT2D eigenvalue weighted by Crippen LogP contribution is -2.23. The van der Waals surface area contributed by atoms with Crippen LogP contribution < -0.4 is 14.8 Å². The Kier molecular flexibility index (Phi) is 10.3. The van der Waals surface area contributed by atoms with Crippen molar-refractivity contribution < 1.29 is 19.1 Å². The maximum absolute atomic E-state index is 12.2. The van der Waals surface area contributed by atoms with Crippen molar-refractivity contribution in [3.05, 3.63) is 59.2 Å². The summed E-state index contributed by atoms with van der Waals surface area (Å²) >= 11 is 0. The highest BCUT2D eigenvalue weighted by Gasteiger charge is 2.13. The van der Waals surface area contributed by atoms with Gasteiger partial charge in [0.05, 0.1) is 19.3 Å². The lowest BCUT2D eigenvalue weighted by molar-refractivity contribution is -0.121. The molecule has 0 heterocycles. The molecule has 1 saturated carbocycles. The summed E-state index contributed by atoms with van der Waals surface area (Å²) in [5.74, 6) is 1.81. The molecule has 2 aromatic rings. The number of carbonyl (C=O) groups is 2. The predicted octanol–water partition coefficient (Wildman–Crippen LogP) is 6.20. The molecule has 1 N–H and O–H groups in total. The predicted molar refractivity (Wildman–Crippen MR) is 131 cm³/mol. The first-order chi connectivity index (χ1) is 16.2. The molecule has 0 saturated heterocycles.